The molecule has 1 aliphatic carbocycles. The number of amides is 1. The zero-order valence-electron chi connectivity index (χ0n) is 14.8. The average molecular weight is 349 g/mol. The summed E-state index contributed by atoms with van der Waals surface area (Å²) in [5.74, 6) is 0.781. The molecule has 134 valence electrons. The van der Waals surface area contributed by atoms with E-state index in [4.69, 9.17) is 9.52 Å². The van der Waals surface area contributed by atoms with E-state index >= 15 is 0 Å². The van der Waals surface area contributed by atoms with Crippen LogP contribution in [0.15, 0.2) is 53.1 Å². The molecular weight excluding hydrogens is 326 g/mol. The minimum atomic E-state index is -0.0932. The van der Waals surface area contributed by atoms with Gasteiger partial charge in [-0.3, -0.25) is 4.79 Å². The molecule has 0 saturated carbocycles. The maximum absolute atomic E-state index is 12.8. The highest BCUT2D eigenvalue weighted by molar-refractivity contribution is 5.94. The zero-order chi connectivity index (χ0) is 17.8. The first-order valence-electron chi connectivity index (χ1n) is 9.30. The van der Waals surface area contributed by atoms with Crippen molar-refractivity contribution in [3.63, 3.8) is 0 Å². The fourth-order valence-corrected chi connectivity index (χ4v) is 3.58. The molecule has 5 heteroatoms. The van der Waals surface area contributed by atoms with Gasteiger partial charge in [0, 0.05) is 24.2 Å². The number of nitrogens with one attached hydrogen (secondary N) is 1. The summed E-state index contributed by atoms with van der Waals surface area (Å²) in [6, 6.07) is 13.9. The van der Waals surface area contributed by atoms with Crippen molar-refractivity contribution in [3.05, 3.63) is 71.4 Å². The third-order valence-electron chi connectivity index (χ3n) is 4.88. The van der Waals surface area contributed by atoms with E-state index in [1.54, 1.807) is 6.26 Å². The quantitative estimate of drug-likeness (QED) is 0.715. The van der Waals surface area contributed by atoms with Crippen molar-refractivity contribution in [1.29, 1.82) is 0 Å². The smallest absolute Gasteiger partial charge is 0.272 e. The van der Waals surface area contributed by atoms with Crippen molar-refractivity contribution in [3.8, 4) is 5.69 Å². The van der Waals surface area contributed by atoms with Crippen molar-refractivity contribution in [2.24, 2.45) is 0 Å². The number of hydrogen-bond donors (Lipinski definition) is 1. The first-order chi connectivity index (χ1) is 12.8. The van der Waals surface area contributed by atoms with Crippen molar-refractivity contribution < 1.29 is 9.21 Å². The fourth-order valence-electron chi connectivity index (χ4n) is 3.58. The lowest BCUT2D eigenvalue weighted by molar-refractivity contribution is 0.0947. The van der Waals surface area contributed by atoms with Crippen LogP contribution in [0.1, 0.15) is 46.8 Å². The third kappa shape index (κ3) is 3.43. The van der Waals surface area contributed by atoms with Gasteiger partial charge >= 0.3 is 0 Å². The number of para-hydroxylation sites is 1. The predicted octanol–water partition coefficient (Wildman–Crippen LogP) is 3.71. The second-order valence-corrected chi connectivity index (χ2v) is 6.67. The summed E-state index contributed by atoms with van der Waals surface area (Å²) >= 11 is 0. The number of rotatable bonds is 5. The summed E-state index contributed by atoms with van der Waals surface area (Å²) < 4.78 is 7.28. The Kier molecular flexibility index (Phi) is 4.86. The highest BCUT2D eigenvalue weighted by Gasteiger charge is 2.24. The number of carbonyl (C=O) groups excluding carboxylic acids is 1. The van der Waals surface area contributed by atoms with Crippen LogP contribution in [-0.2, 0) is 19.3 Å². The van der Waals surface area contributed by atoms with Crippen molar-refractivity contribution in [2.75, 3.05) is 6.54 Å². The van der Waals surface area contributed by atoms with E-state index in [0.717, 1.165) is 42.7 Å². The molecule has 0 aliphatic heterocycles. The van der Waals surface area contributed by atoms with Gasteiger partial charge in [-0.1, -0.05) is 24.6 Å². The molecule has 1 N–H and O–H groups in total. The maximum atomic E-state index is 12.8. The Bertz CT molecular complexity index is 866. The SMILES string of the molecule is O=C(NCCc1ccco1)c1nn(-c2ccccc2)c2c1CCCCC2. The molecule has 3 aromatic rings. The van der Waals surface area contributed by atoms with Crippen LogP contribution in [0.25, 0.3) is 5.69 Å². The Labute approximate surface area is 153 Å². The molecule has 2 heterocycles. The molecule has 0 atom stereocenters. The summed E-state index contributed by atoms with van der Waals surface area (Å²) in [5.41, 5.74) is 3.89. The standard InChI is InChI=1S/C21H23N3O2/c25-21(22-14-13-17-10-7-15-26-17)20-18-11-5-2-6-12-19(18)24(23-20)16-8-3-1-4-9-16/h1,3-4,7-10,15H,2,5-6,11-14H2,(H,22,25). The van der Waals surface area contributed by atoms with Crippen LogP contribution in [0.2, 0.25) is 0 Å². The number of nitrogens with zero attached hydrogens (tertiary/aromatic N) is 2. The highest BCUT2D eigenvalue weighted by Crippen LogP contribution is 2.26. The Morgan fingerprint density at radius 1 is 1.08 bits per heavy atom. The molecular formula is C21H23N3O2. The highest BCUT2D eigenvalue weighted by atomic mass is 16.3. The summed E-state index contributed by atoms with van der Waals surface area (Å²) in [6.45, 7) is 0.541. The fraction of sp³-hybridized carbons (Fsp3) is 0.333. The van der Waals surface area contributed by atoms with Gasteiger partial charge < -0.3 is 9.73 Å². The van der Waals surface area contributed by atoms with E-state index in [1.165, 1.54) is 12.1 Å². The zero-order valence-corrected chi connectivity index (χ0v) is 14.8. The Morgan fingerprint density at radius 3 is 2.73 bits per heavy atom. The second kappa shape index (κ2) is 7.60. The second-order valence-electron chi connectivity index (χ2n) is 6.67. The normalized spacial score (nSPS) is 13.8. The van der Waals surface area contributed by atoms with Crippen molar-refractivity contribution in [1.82, 2.24) is 15.1 Å². The molecule has 26 heavy (non-hydrogen) atoms. The average Bonchev–Trinajstić information content (AvgIpc) is 3.24. The monoisotopic (exact) mass is 349 g/mol. The molecule has 5 nitrogen and oxygen atoms in total. The molecule has 0 bridgehead atoms. The first kappa shape index (κ1) is 16.6. The number of carbonyl (C=O) groups is 1. The Balaban J connectivity index is 1.58. The largest absolute Gasteiger partial charge is 0.469 e. The predicted molar refractivity (Wildman–Crippen MR) is 99.6 cm³/mol. The van der Waals surface area contributed by atoms with E-state index in [0.29, 0.717) is 18.7 Å². The van der Waals surface area contributed by atoms with Crippen molar-refractivity contribution in [2.45, 2.75) is 38.5 Å². The third-order valence-corrected chi connectivity index (χ3v) is 4.88. The molecule has 0 fully saturated rings. The van der Waals surface area contributed by atoms with Gasteiger partial charge in [-0.2, -0.15) is 5.10 Å². The minimum Gasteiger partial charge on any atom is -0.469 e. The molecule has 0 spiro atoms. The molecule has 1 amide bonds. The van der Waals surface area contributed by atoms with Gasteiger partial charge in [0.1, 0.15) is 5.76 Å². The number of benzene rings is 1. The van der Waals surface area contributed by atoms with Crippen LogP contribution < -0.4 is 5.32 Å². The lowest BCUT2D eigenvalue weighted by atomic mass is 10.1. The van der Waals surface area contributed by atoms with Crippen LogP contribution in [0.4, 0.5) is 0 Å². The number of hydrogen-bond acceptors (Lipinski definition) is 3. The summed E-state index contributed by atoms with van der Waals surface area (Å²) in [4.78, 5) is 12.8. The van der Waals surface area contributed by atoms with E-state index in [1.807, 2.05) is 47.1 Å². The first-order valence-corrected chi connectivity index (χ1v) is 9.30. The Hall–Kier alpha value is -2.82. The summed E-state index contributed by atoms with van der Waals surface area (Å²) in [7, 11) is 0. The molecule has 0 radical (unpaired) electrons. The lowest BCUT2D eigenvalue weighted by Gasteiger charge is -2.06. The molecule has 2 aromatic heterocycles. The lowest BCUT2D eigenvalue weighted by Crippen LogP contribution is -2.27. The topological polar surface area (TPSA) is 60.1 Å². The van der Waals surface area contributed by atoms with Gasteiger partial charge in [-0.05, 0) is 49.9 Å². The number of fused-ring (bicyclic) bond motifs is 1. The van der Waals surface area contributed by atoms with Crippen LogP contribution >= 0.6 is 0 Å². The Morgan fingerprint density at radius 2 is 1.92 bits per heavy atom. The van der Waals surface area contributed by atoms with Crippen LogP contribution in [0.3, 0.4) is 0 Å². The van der Waals surface area contributed by atoms with Gasteiger partial charge in [0.2, 0.25) is 0 Å². The maximum Gasteiger partial charge on any atom is 0.272 e. The minimum absolute atomic E-state index is 0.0932. The van der Waals surface area contributed by atoms with E-state index < -0.39 is 0 Å². The van der Waals surface area contributed by atoms with Crippen LogP contribution in [0.5, 0.6) is 0 Å². The number of aromatic nitrogens is 2. The van der Waals surface area contributed by atoms with Crippen LogP contribution in [-0.4, -0.2) is 22.2 Å². The van der Waals surface area contributed by atoms with Crippen molar-refractivity contribution >= 4 is 5.91 Å². The van der Waals surface area contributed by atoms with Gasteiger partial charge in [0.25, 0.3) is 5.91 Å². The van der Waals surface area contributed by atoms with Gasteiger partial charge in [0.05, 0.1) is 12.0 Å². The van der Waals surface area contributed by atoms with E-state index in [-0.39, 0.29) is 5.91 Å². The van der Waals surface area contributed by atoms with E-state index in [2.05, 4.69) is 5.32 Å². The molecule has 1 aromatic carbocycles. The van der Waals surface area contributed by atoms with E-state index in [9.17, 15) is 4.79 Å². The molecule has 0 unspecified atom stereocenters. The molecule has 4 rings (SSSR count). The van der Waals surface area contributed by atoms with Gasteiger partial charge in [-0.25, -0.2) is 4.68 Å². The molecule has 1 aliphatic rings. The summed E-state index contributed by atoms with van der Waals surface area (Å²) in [6.07, 6.45) is 7.67. The van der Waals surface area contributed by atoms with Gasteiger partial charge in [0.15, 0.2) is 5.69 Å². The number of furan rings is 1. The van der Waals surface area contributed by atoms with Crippen LogP contribution in [0, 0.1) is 0 Å². The van der Waals surface area contributed by atoms with Gasteiger partial charge in [-0.15, -0.1) is 0 Å². The summed E-state index contributed by atoms with van der Waals surface area (Å²) in [5, 5.41) is 7.70. The molecule has 0 saturated heterocycles.